The summed E-state index contributed by atoms with van der Waals surface area (Å²) in [6, 6.07) is 2.16. The lowest BCUT2D eigenvalue weighted by Gasteiger charge is -2.01. The molecule has 0 saturated heterocycles. The van der Waals surface area contributed by atoms with Crippen LogP contribution in [0.4, 0.5) is 0 Å². The second kappa shape index (κ2) is 4.73. The third kappa shape index (κ3) is 2.40. The molecule has 2 aromatic heterocycles. The van der Waals surface area contributed by atoms with Gasteiger partial charge in [0.2, 0.25) is 5.89 Å². The number of nitrogens with zero attached hydrogens (tertiary/aromatic N) is 3. The van der Waals surface area contributed by atoms with Gasteiger partial charge in [-0.15, -0.1) is 0 Å². The fraction of sp³-hybridized carbons (Fsp3) is 0.538. The number of rotatable bonds is 4. The van der Waals surface area contributed by atoms with Gasteiger partial charge in [-0.1, -0.05) is 13.8 Å². The Bertz CT molecular complexity index is 491. The SMILES string of the molecule is CCc1cc(CC)n(Cc2nc(C)c(C)o2)n1. The Morgan fingerprint density at radius 1 is 1.24 bits per heavy atom. The third-order valence-electron chi connectivity index (χ3n) is 3.00. The van der Waals surface area contributed by atoms with Crippen molar-refractivity contribution in [1.82, 2.24) is 14.8 Å². The summed E-state index contributed by atoms with van der Waals surface area (Å²) in [5.74, 6) is 1.63. The van der Waals surface area contributed by atoms with Gasteiger partial charge in [0.25, 0.3) is 0 Å². The Hall–Kier alpha value is -1.58. The van der Waals surface area contributed by atoms with Crippen molar-refractivity contribution < 1.29 is 4.42 Å². The molecule has 0 aliphatic carbocycles. The first kappa shape index (κ1) is 11.9. The molecule has 0 N–H and O–H groups in total. The van der Waals surface area contributed by atoms with E-state index in [1.165, 1.54) is 5.69 Å². The molecule has 0 radical (unpaired) electrons. The average Bonchev–Trinajstić information content (AvgIpc) is 2.84. The second-order valence-electron chi connectivity index (χ2n) is 4.24. The van der Waals surface area contributed by atoms with Crippen molar-refractivity contribution in [2.45, 2.75) is 47.1 Å². The Labute approximate surface area is 102 Å². The van der Waals surface area contributed by atoms with E-state index in [9.17, 15) is 0 Å². The molecule has 0 amide bonds. The van der Waals surface area contributed by atoms with Crippen molar-refractivity contribution in [3.05, 3.63) is 34.8 Å². The number of hydrogen-bond donors (Lipinski definition) is 0. The Balaban J connectivity index is 2.25. The van der Waals surface area contributed by atoms with Gasteiger partial charge < -0.3 is 4.42 Å². The van der Waals surface area contributed by atoms with Crippen LogP contribution in [-0.4, -0.2) is 14.8 Å². The minimum Gasteiger partial charge on any atom is -0.444 e. The van der Waals surface area contributed by atoms with Crippen molar-refractivity contribution in [2.24, 2.45) is 0 Å². The van der Waals surface area contributed by atoms with Gasteiger partial charge in [0.05, 0.1) is 11.4 Å². The monoisotopic (exact) mass is 233 g/mol. The van der Waals surface area contributed by atoms with E-state index in [-0.39, 0.29) is 0 Å². The summed E-state index contributed by atoms with van der Waals surface area (Å²) >= 11 is 0. The highest BCUT2D eigenvalue weighted by Crippen LogP contribution is 2.12. The maximum Gasteiger partial charge on any atom is 0.216 e. The molecule has 0 bridgehead atoms. The number of aryl methyl sites for hydroxylation is 4. The van der Waals surface area contributed by atoms with Crippen molar-refractivity contribution in [1.29, 1.82) is 0 Å². The van der Waals surface area contributed by atoms with E-state index in [0.29, 0.717) is 6.54 Å². The van der Waals surface area contributed by atoms with Gasteiger partial charge in [0.1, 0.15) is 12.3 Å². The van der Waals surface area contributed by atoms with Crippen LogP contribution < -0.4 is 0 Å². The molecule has 0 fully saturated rings. The standard InChI is InChI=1S/C13H19N3O/c1-5-11-7-12(6-2)16(15-11)8-13-14-9(3)10(4)17-13/h7H,5-6,8H2,1-4H3. The average molecular weight is 233 g/mol. The maximum absolute atomic E-state index is 5.59. The molecule has 4 nitrogen and oxygen atoms in total. The third-order valence-corrected chi connectivity index (χ3v) is 3.00. The largest absolute Gasteiger partial charge is 0.444 e. The minimum absolute atomic E-state index is 0.623. The highest BCUT2D eigenvalue weighted by molar-refractivity contribution is 5.12. The summed E-state index contributed by atoms with van der Waals surface area (Å²) < 4.78 is 7.58. The zero-order chi connectivity index (χ0) is 12.4. The van der Waals surface area contributed by atoms with Crippen LogP contribution in [0.5, 0.6) is 0 Å². The van der Waals surface area contributed by atoms with Crippen LogP contribution in [0.25, 0.3) is 0 Å². The summed E-state index contributed by atoms with van der Waals surface area (Å²) in [5.41, 5.74) is 3.32. The quantitative estimate of drug-likeness (QED) is 0.815. The fourth-order valence-electron chi connectivity index (χ4n) is 1.84. The topological polar surface area (TPSA) is 43.9 Å². The van der Waals surface area contributed by atoms with E-state index < -0.39 is 0 Å². The van der Waals surface area contributed by atoms with Crippen molar-refractivity contribution in [2.75, 3.05) is 0 Å². The van der Waals surface area contributed by atoms with Gasteiger partial charge >= 0.3 is 0 Å². The van der Waals surface area contributed by atoms with Gasteiger partial charge in [0, 0.05) is 5.69 Å². The molecule has 4 heteroatoms. The Kier molecular flexibility index (Phi) is 3.31. The lowest BCUT2D eigenvalue weighted by atomic mass is 10.3. The van der Waals surface area contributed by atoms with Crippen LogP contribution in [0, 0.1) is 13.8 Å². The molecule has 2 aromatic rings. The minimum atomic E-state index is 0.623. The highest BCUT2D eigenvalue weighted by Gasteiger charge is 2.10. The predicted molar refractivity (Wildman–Crippen MR) is 66.1 cm³/mol. The number of hydrogen-bond acceptors (Lipinski definition) is 3. The maximum atomic E-state index is 5.59. The molecule has 92 valence electrons. The summed E-state index contributed by atoms with van der Waals surface area (Å²) in [6.45, 7) is 8.78. The van der Waals surface area contributed by atoms with Gasteiger partial charge in [-0.05, 0) is 32.8 Å². The van der Waals surface area contributed by atoms with E-state index in [2.05, 4.69) is 30.0 Å². The van der Waals surface area contributed by atoms with Gasteiger partial charge in [-0.3, -0.25) is 4.68 Å². The van der Waals surface area contributed by atoms with Crippen molar-refractivity contribution in [3.8, 4) is 0 Å². The van der Waals surface area contributed by atoms with Crippen LogP contribution in [0.15, 0.2) is 10.5 Å². The van der Waals surface area contributed by atoms with E-state index in [1.807, 2.05) is 18.5 Å². The smallest absolute Gasteiger partial charge is 0.216 e. The summed E-state index contributed by atoms with van der Waals surface area (Å²) in [7, 11) is 0. The molecule has 17 heavy (non-hydrogen) atoms. The van der Waals surface area contributed by atoms with E-state index >= 15 is 0 Å². The molecule has 0 atom stereocenters. The first-order chi connectivity index (χ1) is 8.13. The highest BCUT2D eigenvalue weighted by atomic mass is 16.4. The van der Waals surface area contributed by atoms with Gasteiger partial charge in [-0.2, -0.15) is 5.10 Å². The lowest BCUT2D eigenvalue weighted by molar-refractivity contribution is 0.441. The van der Waals surface area contributed by atoms with Crippen LogP contribution in [0.3, 0.4) is 0 Å². The normalized spacial score (nSPS) is 11.1. The first-order valence-corrected chi connectivity index (χ1v) is 6.12. The van der Waals surface area contributed by atoms with Crippen LogP contribution >= 0.6 is 0 Å². The molecular weight excluding hydrogens is 214 g/mol. The van der Waals surface area contributed by atoms with E-state index in [0.717, 1.165) is 35.9 Å². The van der Waals surface area contributed by atoms with E-state index in [1.54, 1.807) is 0 Å². The summed E-state index contributed by atoms with van der Waals surface area (Å²) in [5, 5.41) is 4.55. The molecular formula is C13H19N3O. The Morgan fingerprint density at radius 3 is 2.53 bits per heavy atom. The molecule has 2 heterocycles. The second-order valence-corrected chi connectivity index (χ2v) is 4.24. The van der Waals surface area contributed by atoms with Gasteiger partial charge in [-0.25, -0.2) is 4.98 Å². The summed E-state index contributed by atoms with van der Waals surface area (Å²) in [4.78, 5) is 4.39. The lowest BCUT2D eigenvalue weighted by Crippen LogP contribution is -2.06. The van der Waals surface area contributed by atoms with Crippen molar-refractivity contribution in [3.63, 3.8) is 0 Å². The molecule has 0 spiro atoms. The predicted octanol–water partition coefficient (Wildman–Crippen LogP) is 2.66. The van der Waals surface area contributed by atoms with Crippen LogP contribution in [0.2, 0.25) is 0 Å². The molecule has 0 unspecified atom stereocenters. The Morgan fingerprint density at radius 2 is 2.00 bits per heavy atom. The zero-order valence-corrected chi connectivity index (χ0v) is 10.9. The zero-order valence-electron chi connectivity index (χ0n) is 10.9. The van der Waals surface area contributed by atoms with Crippen molar-refractivity contribution >= 4 is 0 Å². The number of oxazole rings is 1. The summed E-state index contributed by atoms with van der Waals surface area (Å²) in [6.07, 6.45) is 1.94. The van der Waals surface area contributed by atoms with E-state index in [4.69, 9.17) is 4.42 Å². The number of aromatic nitrogens is 3. The molecule has 0 saturated carbocycles. The molecule has 0 aromatic carbocycles. The van der Waals surface area contributed by atoms with Crippen LogP contribution in [-0.2, 0) is 19.4 Å². The molecule has 2 rings (SSSR count). The van der Waals surface area contributed by atoms with Gasteiger partial charge in [0.15, 0.2) is 0 Å². The first-order valence-electron chi connectivity index (χ1n) is 6.12. The molecule has 0 aliphatic rings. The molecule has 0 aliphatic heterocycles. The fourth-order valence-corrected chi connectivity index (χ4v) is 1.84. The van der Waals surface area contributed by atoms with Crippen LogP contribution in [0.1, 0.15) is 42.6 Å².